The molecule has 2 nitrogen and oxygen atoms in total. The molecule has 0 aliphatic carbocycles. The maximum Gasteiger partial charge on any atom is 0.261 e. The number of alkyl halides is 2. The molecule has 0 fully saturated rings. The molecular formula is C12H16F2O2. The third kappa shape index (κ3) is 3.87. The fourth-order valence-corrected chi connectivity index (χ4v) is 1.48. The Morgan fingerprint density at radius 2 is 1.94 bits per heavy atom. The van der Waals surface area contributed by atoms with E-state index in [1.807, 2.05) is 32.0 Å². The minimum atomic E-state index is -2.49. The van der Waals surface area contributed by atoms with Crippen molar-refractivity contribution in [1.82, 2.24) is 0 Å². The summed E-state index contributed by atoms with van der Waals surface area (Å²) in [5.74, 6) is 0. The first-order valence-corrected chi connectivity index (χ1v) is 5.12. The number of hydrogen-bond acceptors (Lipinski definition) is 2. The van der Waals surface area contributed by atoms with E-state index in [9.17, 15) is 13.9 Å². The maximum absolute atomic E-state index is 11.8. The fraction of sp³-hybridized carbons (Fsp3) is 0.500. The molecule has 0 aromatic heterocycles. The number of halogens is 2. The molecule has 90 valence electrons. The lowest BCUT2D eigenvalue weighted by Gasteiger charge is -2.14. The lowest BCUT2D eigenvalue weighted by atomic mass is 10.0. The number of ether oxygens (including phenoxy) is 1. The van der Waals surface area contributed by atoms with Gasteiger partial charge in [0.05, 0.1) is 6.61 Å². The van der Waals surface area contributed by atoms with Crippen LogP contribution in [0.1, 0.15) is 22.8 Å². The van der Waals surface area contributed by atoms with Crippen molar-refractivity contribution in [3.8, 4) is 0 Å². The smallest absolute Gasteiger partial charge is 0.261 e. The van der Waals surface area contributed by atoms with Crippen LogP contribution in [0.3, 0.4) is 0 Å². The van der Waals surface area contributed by atoms with E-state index in [2.05, 4.69) is 0 Å². The standard InChI is InChI=1S/C12H16F2O2/c1-8-3-4-9(2)10(5-8)11(15)6-16-7-12(13)14/h3-5,11-12,15H,6-7H2,1-2H3. The first-order valence-electron chi connectivity index (χ1n) is 5.12. The molecule has 0 heterocycles. The van der Waals surface area contributed by atoms with Crippen LogP contribution < -0.4 is 0 Å². The van der Waals surface area contributed by atoms with Gasteiger partial charge in [0.15, 0.2) is 0 Å². The highest BCUT2D eigenvalue weighted by Gasteiger charge is 2.12. The first kappa shape index (κ1) is 13.1. The highest BCUT2D eigenvalue weighted by molar-refractivity contribution is 5.32. The van der Waals surface area contributed by atoms with Crippen LogP contribution in [-0.4, -0.2) is 24.7 Å². The molecule has 1 N–H and O–H groups in total. The van der Waals surface area contributed by atoms with Crippen molar-refractivity contribution >= 4 is 0 Å². The molecule has 1 aromatic rings. The number of aryl methyl sites for hydroxylation is 2. The summed E-state index contributed by atoms with van der Waals surface area (Å²) in [6.07, 6.45) is -3.34. The van der Waals surface area contributed by atoms with Crippen LogP contribution in [0.25, 0.3) is 0 Å². The molecule has 1 rings (SSSR count). The Morgan fingerprint density at radius 1 is 1.25 bits per heavy atom. The van der Waals surface area contributed by atoms with Crippen LogP contribution in [0.2, 0.25) is 0 Å². The van der Waals surface area contributed by atoms with Gasteiger partial charge in [-0.25, -0.2) is 8.78 Å². The van der Waals surface area contributed by atoms with Crippen LogP contribution in [0.5, 0.6) is 0 Å². The molecule has 0 saturated carbocycles. The van der Waals surface area contributed by atoms with Gasteiger partial charge in [-0.3, -0.25) is 0 Å². The fourth-order valence-electron chi connectivity index (χ4n) is 1.48. The zero-order valence-corrected chi connectivity index (χ0v) is 9.41. The minimum Gasteiger partial charge on any atom is -0.386 e. The Bertz CT molecular complexity index is 340. The van der Waals surface area contributed by atoms with Crippen molar-refractivity contribution in [2.24, 2.45) is 0 Å². The van der Waals surface area contributed by atoms with E-state index in [0.29, 0.717) is 0 Å². The van der Waals surface area contributed by atoms with Crippen molar-refractivity contribution in [2.75, 3.05) is 13.2 Å². The van der Waals surface area contributed by atoms with Crippen LogP contribution in [0.4, 0.5) is 8.78 Å². The second-order valence-electron chi connectivity index (χ2n) is 3.80. The van der Waals surface area contributed by atoms with E-state index in [-0.39, 0.29) is 6.61 Å². The molecule has 0 amide bonds. The molecule has 0 radical (unpaired) electrons. The van der Waals surface area contributed by atoms with Crippen molar-refractivity contribution < 1.29 is 18.6 Å². The maximum atomic E-state index is 11.8. The zero-order chi connectivity index (χ0) is 12.1. The SMILES string of the molecule is Cc1ccc(C)c(C(O)COCC(F)F)c1. The average molecular weight is 230 g/mol. The number of aliphatic hydroxyl groups excluding tert-OH is 1. The Morgan fingerprint density at radius 3 is 2.56 bits per heavy atom. The molecule has 1 atom stereocenters. The quantitative estimate of drug-likeness (QED) is 0.842. The molecule has 0 aliphatic heterocycles. The topological polar surface area (TPSA) is 29.5 Å². The molecule has 4 heteroatoms. The summed E-state index contributed by atoms with van der Waals surface area (Å²) in [5, 5.41) is 9.77. The van der Waals surface area contributed by atoms with Crippen molar-refractivity contribution in [2.45, 2.75) is 26.4 Å². The minimum absolute atomic E-state index is 0.103. The molecule has 0 spiro atoms. The molecule has 0 saturated heterocycles. The molecule has 1 unspecified atom stereocenters. The number of aliphatic hydroxyl groups is 1. The lowest BCUT2D eigenvalue weighted by Crippen LogP contribution is -2.12. The largest absolute Gasteiger partial charge is 0.386 e. The third-order valence-electron chi connectivity index (χ3n) is 2.31. The molecule has 0 bridgehead atoms. The number of rotatable bonds is 5. The third-order valence-corrected chi connectivity index (χ3v) is 2.31. The summed E-state index contributed by atoms with van der Waals surface area (Å²) >= 11 is 0. The molecule has 16 heavy (non-hydrogen) atoms. The summed E-state index contributed by atoms with van der Waals surface area (Å²) in [6, 6.07) is 5.66. The van der Waals surface area contributed by atoms with Gasteiger partial charge in [0, 0.05) is 0 Å². The van der Waals surface area contributed by atoms with Gasteiger partial charge >= 0.3 is 0 Å². The molecule has 1 aromatic carbocycles. The average Bonchev–Trinajstić information content (AvgIpc) is 2.21. The summed E-state index contributed by atoms with van der Waals surface area (Å²) in [7, 11) is 0. The van der Waals surface area contributed by atoms with E-state index >= 15 is 0 Å². The normalized spacial score (nSPS) is 13.1. The van der Waals surface area contributed by atoms with E-state index in [0.717, 1.165) is 16.7 Å². The number of benzene rings is 1. The van der Waals surface area contributed by atoms with E-state index in [1.165, 1.54) is 0 Å². The summed E-state index contributed by atoms with van der Waals surface area (Å²) in [5.41, 5.74) is 2.68. The van der Waals surface area contributed by atoms with E-state index in [1.54, 1.807) is 0 Å². The summed E-state index contributed by atoms with van der Waals surface area (Å²) in [6.45, 7) is 3.04. The highest BCUT2D eigenvalue weighted by atomic mass is 19.3. The van der Waals surface area contributed by atoms with Crippen molar-refractivity contribution in [1.29, 1.82) is 0 Å². The van der Waals surface area contributed by atoms with Crippen LogP contribution in [0.15, 0.2) is 18.2 Å². The number of hydrogen-bond donors (Lipinski definition) is 1. The van der Waals surface area contributed by atoms with Crippen LogP contribution in [0, 0.1) is 13.8 Å². The predicted molar refractivity (Wildman–Crippen MR) is 57.7 cm³/mol. The van der Waals surface area contributed by atoms with Gasteiger partial charge in [0.2, 0.25) is 0 Å². The Kier molecular flexibility index (Phi) is 4.83. The Labute approximate surface area is 93.9 Å². The predicted octanol–water partition coefficient (Wildman–Crippen LogP) is 2.62. The van der Waals surface area contributed by atoms with Crippen LogP contribution >= 0.6 is 0 Å². The van der Waals surface area contributed by atoms with Gasteiger partial charge in [-0.05, 0) is 25.0 Å². The summed E-state index contributed by atoms with van der Waals surface area (Å²) in [4.78, 5) is 0. The van der Waals surface area contributed by atoms with Gasteiger partial charge in [-0.2, -0.15) is 0 Å². The van der Waals surface area contributed by atoms with Gasteiger partial charge in [-0.1, -0.05) is 23.8 Å². The summed E-state index contributed by atoms with van der Waals surface area (Å²) < 4.78 is 28.4. The van der Waals surface area contributed by atoms with E-state index in [4.69, 9.17) is 4.74 Å². The van der Waals surface area contributed by atoms with Crippen molar-refractivity contribution in [3.05, 3.63) is 34.9 Å². The monoisotopic (exact) mass is 230 g/mol. The zero-order valence-electron chi connectivity index (χ0n) is 9.41. The highest BCUT2D eigenvalue weighted by Crippen LogP contribution is 2.19. The Balaban J connectivity index is 2.58. The van der Waals surface area contributed by atoms with Gasteiger partial charge in [0.1, 0.15) is 12.7 Å². The molecule has 0 aliphatic rings. The second-order valence-corrected chi connectivity index (χ2v) is 3.80. The lowest BCUT2D eigenvalue weighted by molar-refractivity contribution is -0.0205. The van der Waals surface area contributed by atoms with Crippen molar-refractivity contribution in [3.63, 3.8) is 0 Å². The van der Waals surface area contributed by atoms with Gasteiger partial charge < -0.3 is 9.84 Å². The Hall–Kier alpha value is -1.00. The molecular weight excluding hydrogens is 214 g/mol. The first-order chi connectivity index (χ1) is 7.50. The van der Waals surface area contributed by atoms with E-state index < -0.39 is 19.1 Å². The second kappa shape index (κ2) is 5.92. The van der Waals surface area contributed by atoms with Gasteiger partial charge in [0.25, 0.3) is 6.43 Å². The van der Waals surface area contributed by atoms with Gasteiger partial charge in [-0.15, -0.1) is 0 Å². The van der Waals surface area contributed by atoms with Crippen LogP contribution in [-0.2, 0) is 4.74 Å².